The first-order valence-electron chi connectivity index (χ1n) is 9.35. The minimum Gasteiger partial charge on any atom is -0.489 e. The lowest BCUT2D eigenvalue weighted by atomic mass is 10.2. The molecule has 9 heteroatoms. The molecule has 2 heterocycles. The second-order valence-corrected chi connectivity index (χ2v) is 7.49. The van der Waals surface area contributed by atoms with E-state index in [-0.39, 0.29) is 18.1 Å². The number of ether oxygens (including phenoxy) is 2. The van der Waals surface area contributed by atoms with E-state index in [4.69, 9.17) is 9.47 Å². The zero-order valence-electron chi connectivity index (χ0n) is 15.9. The van der Waals surface area contributed by atoms with Gasteiger partial charge in [-0.05, 0) is 42.5 Å². The van der Waals surface area contributed by atoms with E-state index in [1.165, 1.54) is 11.3 Å². The molecule has 0 unspecified atom stereocenters. The van der Waals surface area contributed by atoms with Gasteiger partial charge in [0.15, 0.2) is 0 Å². The van der Waals surface area contributed by atoms with Crippen LogP contribution in [0.4, 0.5) is 8.78 Å². The smallest absolute Gasteiger partial charge is 0.285 e. The minimum atomic E-state index is -0.515. The molecule has 4 rings (SSSR count). The van der Waals surface area contributed by atoms with E-state index in [1.54, 1.807) is 29.6 Å². The fourth-order valence-corrected chi connectivity index (χ4v) is 3.70. The zero-order chi connectivity index (χ0) is 20.9. The largest absolute Gasteiger partial charge is 0.489 e. The molecule has 1 N–H and O–H groups in total. The van der Waals surface area contributed by atoms with Crippen LogP contribution in [0.15, 0.2) is 47.8 Å². The number of benzene rings is 2. The predicted octanol–water partition coefficient (Wildman–Crippen LogP) is 3.64. The molecule has 30 heavy (non-hydrogen) atoms. The summed E-state index contributed by atoms with van der Waals surface area (Å²) in [6, 6.07) is 10.3. The maximum absolute atomic E-state index is 13.7. The topological polar surface area (TPSA) is 63.7 Å². The highest BCUT2D eigenvalue weighted by Crippen LogP contribution is 2.26. The Labute approximate surface area is 176 Å². The summed E-state index contributed by atoms with van der Waals surface area (Å²) in [7, 11) is 0. The Bertz CT molecular complexity index is 1020. The number of halogens is 2. The summed E-state index contributed by atoms with van der Waals surface area (Å²) >= 11 is 1.37. The fraction of sp³-hybridized carbons (Fsp3) is 0.238. The van der Waals surface area contributed by atoms with Crippen LogP contribution in [0.2, 0.25) is 0 Å². The molecule has 1 aromatic heterocycles. The van der Waals surface area contributed by atoms with E-state index in [2.05, 4.69) is 10.4 Å². The minimum absolute atomic E-state index is 0.0773. The number of hydrazine groups is 1. The van der Waals surface area contributed by atoms with Gasteiger partial charge in [-0.25, -0.2) is 18.8 Å². The van der Waals surface area contributed by atoms with Crippen LogP contribution in [0.5, 0.6) is 5.75 Å². The third-order valence-corrected chi connectivity index (χ3v) is 5.40. The van der Waals surface area contributed by atoms with Gasteiger partial charge in [-0.1, -0.05) is 0 Å². The lowest BCUT2D eigenvalue weighted by Crippen LogP contribution is -2.48. The number of morpholine rings is 1. The second kappa shape index (κ2) is 9.29. The number of thiazole rings is 1. The van der Waals surface area contributed by atoms with Crippen LogP contribution in [0.3, 0.4) is 0 Å². The molecule has 3 aromatic rings. The van der Waals surface area contributed by atoms with Crippen molar-refractivity contribution >= 4 is 17.2 Å². The van der Waals surface area contributed by atoms with E-state index in [0.29, 0.717) is 42.8 Å². The molecule has 0 radical (unpaired) electrons. The van der Waals surface area contributed by atoms with Crippen LogP contribution in [0.1, 0.15) is 16.1 Å². The summed E-state index contributed by atoms with van der Waals surface area (Å²) < 4.78 is 37.7. The molecule has 1 amide bonds. The molecule has 1 aliphatic heterocycles. The number of amides is 1. The summed E-state index contributed by atoms with van der Waals surface area (Å²) in [5.41, 5.74) is 4.16. The number of carbonyl (C=O) groups excluding carboxylic acids is 1. The van der Waals surface area contributed by atoms with Gasteiger partial charge in [0.1, 0.15) is 34.7 Å². The van der Waals surface area contributed by atoms with E-state index in [9.17, 15) is 13.6 Å². The van der Waals surface area contributed by atoms with E-state index < -0.39 is 11.6 Å². The molecule has 0 saturated carbocycles. The molecule has 156 valence electrons. The van der Waals surface area contributed by atoms with Gasteiger partial charge in [0, 0.05) is 29.6 Å². The maximum Gasteiger partial charge on any atom is 0.285 e. The first-order chi connectivity index (χ1) is 14.6. The van der Waals surface area contributed by atoms with Crippen LogP contribution in [-0.4, -0.2) is 42.2 Å². The van der Waals surface area contributed by atoms with Gasteiger partial charge in [0.25, 0.3) is 5.91 Å². The number of carbonyl (C=O) groups is 1. The molecular formula is C21H19F2N3O3S. The van der Waals surface area contributed by atoms with E-state index in [0.717, 1.165) is 23.8 Å². The Morgan fingerprint density at radius 2 is 1.93 bits per heavy atom. The Balaban J connectivity index is 1.37. The molecule has 1 fully saturated rings. The number of aromatic nitrogens is 1. The summed E-state index contributed by atoms with van der Waals surface area (Å²) in [5, 5.41) is 4.23. The van der Waals surface area contributed by atoms with Gasteiger partial charge in [-0.3, -0.25) is 10.2 Å². The number of rotatable bonds is 6. The number of nitrogens with one attached hydrogen (secondary N) is 1. The lowest BCUT2D eigenvalue weighted by molar-refractivity contribution is 0.0125. The van der Waals surface area contributed by atoms with Crippen LogP contribution in [0, 0.1) is 11.6 Å². The van der Waals surface area contributed by atoms with Gasteiger partial charge in [-0.15, -0.1) is 11.3 Å². The van der Waals surface area contributed by atoms with Gasteiger partial charge in [0.2, 0.25) is 0 Å². The normalized spacial score (nSPS) is 14.5. The number of hydrogen-bond acceptors (Lipinski definition) is 6. The number of nitrogens with zero attached hydrogens (tertiary/aromatic N) is 2. The highest BCUT2D eigenvalue weighted by molar-refractivity contribution is 7.13. The van der Waals surface area contributed by atoms with Crippen molar-refractivity contribution in [2.45, 2.75) is 6.61 Å². The molecule has 0 spiro atoms. The first-order valence-corrected chi connectivity index (χ1v) is 10.2. The Morgan fingerprint density at radius 3 is 2.70 bits per heavy atom. The second-order valence-electron chi connectivity index (χ2n) is 6.63. The van der Waals surface area contributed by atoms with Gasteiger partial charge < -0.3 is 9.47 Å². The molecule has 0 aliphatic carbocycles. The fourth-order valence-electron chi connectivity index (χ4n) is 2.90. The lowest BCUT2D eigenvalue weighted by Gasteiger charge is -2.26. The summed E-state index contributed by atoms with van der Waals surface area (Å²) in [6.45, 7) is 2.38. The van der Waals surface area contributed by atoms with Crippen molar-refractivity contribution in [3.8, 4) is 16.3 Å². The standard InChI is InChI=1S/C21H19F2N3O3S/c22-16-3-6-18(23)15(11-16)12-29-17-4-1-14(2-5-17)21-24-19(13-30-21)20(27)25-26-7-9-28-10-8-26/h1-6,11,13H,7-10,12H2,(H,25,27). The Hall–Kier alpha value is -2.88. The monoisotopic (exact) mass is 431 g/mol. The average molecular weight is 431 g/mol. The van der Waals surface area contributed by atoms with Crippen LogP contribution < -0.4 is 10.2 Å². The molecule has 0 bridgehead atoms. The van der Waals surface area contributed by atoms with Crippen molar-refractivity contribution in [3.63, 3.8) is 0 Å². The third kappa shape index (κ3) is 4.99. The highest BCUT2D eigenvalue weighted by Gasteiger charge is 2.17. The third-order valence-electron chi connectivity index (χ3n) is 4.51. The van der Waals surface area contributed by atoms with Crippen molar-refractivity contribution in [2.75, 3.05) is 26.3 Å². The van der Waals surface area contributed by atoms with Crippen LogP contribution in [-0.2, 0) is 11.3 Å². The van der Waals surface area contributed by atoms with E-state index in [1.807, 2.05) is 5.01 Å². The first kappa shape index (κ1) is 20.4. The molecular weight excluding hydrogens is 412 g/mol. The summed E-state index contributed by atoms with van der Waals surface area (Å²) in [4.78, 5) is 16.8. The van der Waals surface area contributed by atoms with Crippen molar-refractivity contribution in [1.82, 2.24) is 15.4 Å². The molecule has 2 aromatic carbocycles. The van der Waals surface area contributed by atoms with Gasteiger partial charge >= 0.3 is 0 Å². The average Bonchev–Trinajstić information content (AvgIpc) is 3.26. The molecule has 1 aliphatic rings. The van der Waals surface area contributed by atoms with Crippen LogP contribution in [0.25, 0.3) is 10.6 Å². The van der Waals surface area contributed by atoms with Gasteiger partial charge in [-0.2, -0.15) is 0 Å². The van der Waals surface area contributed by atoms with Crippen molar-refractivity contribution in [3.05, 3.63) is 70.7 Å². The summed E-state index contributed by atoms with van der Waals surface area (Å²) in [5.74, 6) is -0.762. The predicted molar refractivity (Wildman–Crippen MR) is 108 cm³/mol. The molecule has 1 saturated heterocycles. The van der Waals surface area contributed by atoms with Gasteiger partial charge in [0.05, 0.1) is 13.2 Å². The van der Waals surface area contributed by atoms with Crippen molar-refractivity contribution in [2.24, 2.45) is 0 Å². The Kier molecular flexibility index (Phi) is 6.32. The van der Waals surface area contributed by atoms with Crippen molar-refractivity contribution in [1.29, 1.82) is 0 Å². The highest BCUT2D eigenvalue weighted by atomic mass is 32.1. The SMILES string of the molecule is O=C(NN1CCOCC1)c1csc(-c2ccc(OCc3cc(F)ccc3F)cc2)n1. The number of hydrogen-bond donors (Lipinski definition) is 1. The quantitative estimate of drug-likeness (QED) is 0.646. The van der Waals surface area contributed by atoms with Crippen molar-refractivity contribution < 1.29 is 23.0 Å². The summed E-state index contributed by atoms with van der Waals surface area (Å²) in [6.07, 6.45) is 0. The molecule has 0 atom stereocenters. The maximum atomic E-state index is 13.7. The van der Waals surface area contributed by atoms with Crippen LogP contribution >= 0.6 is 11.3 Å². The molecule has 6 nitrogen and oxygen atoms in total. The zero-order valence-corrected chi connectivity index (χ0v) is 16.8. The van der Waals surface area contributed by atoms with E-state index >= 15 is 0 Å². The Morgan fingerprint density at radius 1 is 1.17 bits per heavy atom.